The highest BCUT2D eigenvalue weighted by molar-refractivity contribution is 5.81. The Morgan fingerprint density at radius 3 is 2.37 bits per heavy atom. The second-order valence-corrected chi connectivity index (χ2v) is 4.09. The fourth-order valence-electron chi connectivity index (χ4n) is 1.56. The van der Waals surface area contributed by atoms with Gasteiger partial charge in [-0.15, -0.1) is 0 Å². The lowest BCUT2D eigenvalue weighted by atomic mass is 10.2. The van der Waals surface area contributed by atoms with E-state index in [0.717, 1.165) is 11.4 Å². The van der Waals surface area contributed by atoms with Gasteiger partial charge in [0.05, 0.1) is 6.21 Å². The molecule has 6 heteroatoms. The molecule has 6 nitrogen and oxygen atoms in total. The highest BCUT2D eigenvalue weighted by Gasteiger charge is 1.99. The Morgan fingerprint density at radius 2 is 1.74 bits per heavy atom. The zero-order valence-corrected chi connectivity index (χ0v) is 10.6. The monoisotopic (exact) mass is 258 g/mol. The van der Waals surface area contributed by atoms with Crippen LogP contribution in [0.15, 0.2) is 29.4 Å². The molecule has 0 atom stereocenters. The van der Waals surface area contributed by atoms with Crippen LogP contribution in [0.4, 0.5) is 5.95 Å². The maximum absolute atomic E-state index is 9.33. The highest BCUT2D eigenvalue weighted by atomic mass is 16.3. The SMILES string of the molecule is Cc1cc(C)nc(NN=Cc2ccc(O)c(O)c2)n1. The van der Waals surface area contributed by atoms with Crippen molar-refractivity contribution in [1.29, 1.82) is 0 Å². The Kier molecular flexibility index (Phi) is 3.61. The summed E-state index contributed by atoms with van der Waals surface area (Å²) in [5.41, 5.74) is 5.07. The number of nitrogens with one attached hydrogen (secondary N) is 1. The number of aromatic nitrogens is 2. The van der Waals surface area contributed by atoms with E-state index in [0.29, 0.717) is 11.5 Å². The fraction of sp³-hybridized carbons (Fsp3) is 0.154. The number of aryl methyl sites for hydroxylation is 2. The van der Waals surface area contributed by atoms with E-state index in [2.05, 4.69) is 20.5 Å². The average molecular weight is 258 g/mol. The van der Waals surface area contributed by atoms with Gasteiger partial charge < -0.3 is 10.2 Å². The number of phenols is 2. The van der Waals surface area contributed by atoms with Crippen LogP contribution in [0, 0.1) is 13.8 Å². The maximum Gasteiger partial charge on any atom is 0.243 e. The van der Waals surface area contributed by atoms with Crippen molar-refractivity contribution in [2.45, 2.75) is 13.8 Å². The van der Waals surface area contributed by atoms with Crippen LogP contribution in [0.5, 0.6) is 11.5 Å². The maximum atomic E-state index is 9.33. The number of nitrogens with zero attached hydrogens (tertiary/aromatic N) is 3. The van der Waals surface area contributed by atoms with Gasteiger partial charge in [0.1, 0.15) is 0 Å². The molecule has 0 aliphatic rings. The Morgan fingerprint density at radius 1 is 1.05 bits per heavy atom. The van der Waals surface area contributed by atoms with Crippen molar-refractivity contribution in [3.63, 3.8) is 0 Å². The van der Waals surface area contributed by atoms with Gasteiger partial charge in [-0.25, -0.2) is 15.4 Å². The first-order valence-electron chi connectivity index (χ1n) is 5.68. The molecule has 0 aliphatic carbocycles. The largest absolute Gasteiger partial charge is 0.504 e. The molecule has 0 bridgehead atoms. The summed E-state index contributed by atoms with van der Waals surface area (Å²) in [6, 6.07) is 6.29. The minimum Gasteiger partial charge on any atom is -0.504 e. The van der Waals surface area contributed by atoms with Gasteiger partial charge in [-0.3, -0.25) is 0 Å². The molecule has 1 heterocycles. The lowest BCUT2D eigenvalue weighted by molar-refractivity contribution is 0.403. The Labute approximate surface area is 110 Å². The summed E-state index contributed by atoms with van der Waals surface area (Å²) in [5, 5.41) is 22.5. The third-order valence-electron chi connectivity index (χ3n) is 2.36. The molecule has 0 unspecified atom stereocenters. The summed E-state index contributed by atoms with van der Waals surface area (Å²) in [6.45, 7) is 3.75. The first-order chi connectivity index (χ1) is 9.04. The van der Waals surface area contributed by atoms with Crippen LogP contribution in [-0.2, 0) is 0 Å². The second kappa shape index (κ2) is 5.34. The third-order valence-corrected chi connectivity index (χ3v) is 2.36. The molecule has 2 aromatic rings. The van der Waals surface area contributed by atoms with Gasteiger partial charge in [-0.05, 0) is 43.7 Å². The van der Waals surface area contributed by atoms with E-state index >= 15 is 0 Å². The van der Waals surface area contributed by atoms with Crippen molar-refractivity contribution in [2.24, 2.45) is 5.10 Å². The molecular formula is C13H14N4O2. The van der Waals surface area contributed by atoms with Crippen molar-refractivity contribution in [2.75, 3.05) is 5.43 Å². The third kappa shape index (κ3) is 3.41. The minimum absolute atomic E-state index is 0.164. The molecule has 0 saturated carbocycles. The molecule has 0 radical (unpaired) electrons. The van der Waals surface area contributed by atoms with Crippen molar-refractivity contribution in [3.05, 3.63) is 41.2 Å². The zero-order chi connectivity index (χ0) is 13.8. The van der Waals surface area contributed by atoms with Gasteiger partial charge in [0, 0.05) is 11.4 Å². The molecule has 0 saturated heterocycles. The molecule has 0 fully saturated rings. The highest BCUT2D eigenvalue weighted by Crippen LogP contribution is 2.23. The number of hydrogen-bond donors (Lipinski definition) is 3. The van der Waals surface area contributed by atoms with Crippen LogP contribution in [0.25, 0.3) is 0 Å². The van der Waals surface area contributed by atoms with Crippen molar-refractivity contribution < 1.29 is 10.2 Å². The summed E-state index contributed by atoms with van der Waals surface area (Å²) < 4.78 is 0. The van der Waals surface area contributed by atoms with Crippen LogP contribution in [0.2, 0.25) is 0 Å². The Balaban J connectivity index is 2.08. The summed E-state index contributed by atoms with van der Waals surface area (Å²) >= 11 is 0. The van der Waals surface area contributed by atoms with Crippen molar-refractivity contribution in [1.82, 2.24) is 9.97 Å². The van der Waals surface area contributed by atoms with Crippen molar-refractivity contribution >= 4 is 12.2 Å². The molecule has 3 N–H and O–H groups in total. The van der Waals surface area contributed by atoms with Crippen LogP contribution in [-0.4, -0.2) is 26.4 Å². The van der Waals surface area contributed by atoms with E-state index in [1.54, 1.807) is 6.07 Å². The van der Waals surface area contributed by atoms with Gasteiger partial charge in [-0.2, -0.15) is 5.10 Å². The van der Waals surface area contributed by atoms with Crippen LogP contribution in [0.1, 0.15) is 17.0 Å². The van der Waals surface area contributed by atoms with Gasteiger partial charge in [0.25, 0.3) is 0 Å². The van der Waals surface area contributed by atoms with E-state index in [1.165, 1.54) is 18.3 Å². The minimum atomic E-state index is -0.188. The van der Waals surface area contributed by atoms with Crippen LogP contribution >= 0.6 is 0 Å². The lowest BCUT2D eigenvalue weighted by Crippen LogP contribution is -1.99. The van der Waals surface area contributed by atoms with Crippen molar-refractivity contribution in [3.8, 4) is 11.5 Å². The molecule has 0 amide bonds. The molecule has 19 heavy (non-hydrogen) atoms. The predicted molar refractivity (Wildman–Crippen MR) is 72.5 cm³/mol. The number of hydrazone groups is 1. The number of phenolic OH excluding ortho intramolecular Hbond substituents is 2. The molecular weight excluding hydrogens is 244 g/mol. The number of hydrogen-bond acceptors (Lipinski definition) is 6. The number of benzene rings is 1. The molecule has 1 aromatic carbocycles. The van der Waals surface area contributed by atoms with E-state index in [9.17, 15) is 10.2 Å². The fourth-order valence-corrected chi connectivity index (χ4v) is 1.56. The summed E-state index contributed by atoms with van der Waals surface area (Å²) in [6.07, 6.45) is 1.50. The first kappa shape index (κ1) is 12.8. The standard InChI is InChI=1S/C13H14N4O2/c1-8-5-9(2)16-13(15-8)17-14-7-10-3-4-11(18)12(19)6-10/h3-7,18-19H,1-2H3,(H,15,16,17). The van der Waals surface area contributed by atoms with E-state index < -0.39 is 0 Å². The smallest absolute Gasteiger partial charge is 0.243 e. The second-order valence-electron chi connectivity index (χ2n) is 4.09. The molecule has 1 aromatic heterocycles. The summed E-state index contributed by atoms with van der Waals surface area (Å²) in [7, 11) is 0. The molecule has 2 rings (SSSR count). The van der Waals surface area contributed by atoms with Gasteiger partial charge >= 0.3 is 0 Å². The Hall–Kier alpha value is -2.63. The average Bonchev–Trinajstić information content (AvgIpc) is 2.32. The first-order valence-corrected chi connectivity index (χ1v) is 5.68. The quantitative estimate of drug-likeness (QED) is 0.444. The molecule has 0 spiro atoms. The van der Waals surface area contributed by atoms with E-state index in [4.69, 9.17) is 0 Å². The Bertz CT molecular complexity index is 606. The molecule has 0 aliphatic heterocycles. The summed E-state index contributed by atoms with van der Waals surface area (Å²) in [4.78, 5) is 8.34. The topological polar surface area (TPSA) is 90.6 Å². The van der Waals surface area contributed by atoms with Crippen LogP contribution < -0.4 is 5.43 Å². The summed E-state index contributed by atoms with van der Waals surface area (Å²) in [5.74, 6) is 0.0612. The predicted octanol–water partition coefficient (Wildman–Crippen LogP) is 1.95. The number of aromatic hydroxyl groups is 2. The number of anilines is 1. The van der Waals surface area contributed by atoms with E-state index in [-0.39, 0.29) is 11.5 Å². The van der Waals surface area contributed by atoms with Gasteiger partial charge in [0.2, 0.25) is 5.95 Å². The molecule has 98 valence electrons. The van der Waals surface area contributed by atoms with Crippen LogP contribution in [0.3, 0.4) is 0 Å². The van der Waals surface area contributed by atoms with Gasteiger partial charge in [-0.1, -0.05) is 0 Å². The normalized spacial score (nSPS) is 10.8. The zero-order valence-electron chi connectivity index (χ0n) is 10.6. The number of rotatable bonds is 3. The van der Waals surface area contributed by atoms with Gasteiger partial charge in [0.15, 0.2) is 11.5 Å². The lowest BCUT2D eigenvalue weighted by Gasteiger charge is -2.02. The van der Waals surface area contributed by atoms with E-state index in [1.807, 2.05) is 19.9 Å².